The molecule has 0 spiro atoms. The number of hydrogen-bond acceptors (Lipinski definition) is 0. The zero-order valence-corrected chi connectivity index (χ0v) is 27.1. The number of aryl methyl sites for hydroxylation is 1. The number of para-hydroxylation sites is 1. The van der Waals surface area contributed by atoms with Crippen LogP contribution in [-0.4, -0.2) is 52.3 Å². The van der Waals surface area contributed by atoms with E-state index in [1.807, 2.05) is 0 Å². The van der Waals surface area contributed by atoms with Gasteiger partial charge in [-0.15, -0.1) is 0 Å². The van der Waals surface area contributed by atoms with Crippen LogP contribution in [0, 0.1) is 0 Å². The monoisotopic (exact) mass is 604 g/mol. The van der Waals surface area contributed by atoms with Gasteiger partial charge in [-0.3, -0.25) is 4.48 Å². The largest absolute Gasteiger partial charge is 1.00 e. The van der Waals surface area contributed by atoms with Crippen LogP contribution in [0.3, 0.4) is 0 Å². The Morgan fingerprint density at radius 1 is 0.559 bits per heavy atom. The minimum atomic E-state index is 0. The molecule has 0 aromatic heterocycles. The number of nitrogens with zero attached hydrogens (tertiary/aromatic N) is 2. The van der Waals surface area contributed by atoms with Crippen LogP contribution >= 0.6 is 0 Å². The van der Waals surface area contributed by atoms with Crippen LogP contribution in [0.15, 0.2) is 18.2 Å². The van der Waals surface area contributed by atoms with Crippen molar-refractivity contribution in [2.45, 2.75) is 111 Å². The van der Waals surface area contributed by atoms with Crippen LogP contribution in [0.25, 0.3) is 0 Å². The number of halogens is 2. The molecule has 0 amide bonds. The Bertz CT molecular complexity index is 614. The molecule has 0 fully saturated rings. The van der Waals surface area contributed by atoms with Crippen molar-refractivity contribution in [2.24, 2.45) is 0 Å². The first-order valence-electron chi connectivity index (χ1n) is 14.0. The van der Waals surface area contributed by atoms with Gasteiger partial charge in [0.1, 0.15) is 5.69 Å². The lowest BCUT2D eigenvalue weighted by Gasteiger charge is -2.34. The summed E-state index contributed by atoms with van der Waals surface area (Å²) in [7, 11) is 9.76. The van der Waals surface area contributed by atoms with E-state index in [0.29, 0.717) is 0 Å². The number of quaternary nitrogens is 2. The van der Waals surface area contributed by atoms with Gasteiger partial charge in [0.05, 0.1) is 47.8 Å². The Balaban J connectivity index is 0. The van der Waals surface area contributed by atoms with E-state index in [2.05, 4.69) is 67.2 Å². The summed E-state index contributed by atoms with van der Waals surface area (Å²) in [6.45, 7) is 10.7. The summed E-state index contributed by atoms with van der Waals surface area (Å²) in [6, 6.07) is 7.09. The summed E-state index contributed by atoms with van der Waals surface area (Å²) >= 11 is 0. The summed E-state index contributed by atoms with van der Waals surface area (Å²) in [4.78, 5) is 0. The van der Waals surface area contributed by atoms with Gasteiger partial charge in [-0.05, 0) is 32.1 Å². The Kier molecular flexibility index (Phi) is 21.5. The predicted molar refractivity (Wildman–Crippen MR) is 147 cm³/mol. The van der Waals surface area contributed by atoms with E-state index in [0.717, 1.165) is 15.4 Å². The predicted octanol–water partition coefficient (Wildman–Crippen LogP) is 2.16. The summed E-state index contributed by atoms with van der Waals surface area (Å²) in [6.07, 6.45) is 19.0. The fourth-order valence-electron chi connectivity index (χ4n) is 5.16. The first kappa shape index (κ1) is 36.3. The second kappa shape index (κ2) is 20.2. The Morgan fingerprint density at radius 3 is 1.56 bits per heavy atom. The zero-order valence-electron chi connectivity index (χ0n) is 23.9. The van der Waals surface area contributed by atoms with Crippen molar-refractivity contribution in [3.63, 3.8) is 0 Å². The molecular formula is C30H58Br2N2. The van der Waals surface area contributed by atoms with Crippen molar-refractivity contribution in [1.29, 1.82) is 0 Å². The zero-order chi connectivity index (χ0) is 23.9. The van der Waals surface area contributed by atoms with Crippen molar-refractivity contribution < 1.29 is 38.4 Å². The fourth-order valence-corrected chi connectivity index (χ4v) is 5.16. The molecule has 0 aliphatic carbocycles. The number of likely N-dealkylation sites (N-methyl/N-ethyl adjacent to an activating group) is 1. The average molecular weight is 607 g/mol. The van der Waals surface area contributed by atoms with Crippen LogP contribution < -0.4 is 38.4 Å². The minimum absolute atomic E-state index is 0. The van der Waals surface area contributed by atoms with Crippen LogP contribution in [0.2, 0.25) is 0 Å². The maximum atomic E-state index is 2.44. The lowest BCUT2D eigenvalue weighted by molar-refractivity contribution is -0.890. The molecule has 1 rings (SSSR count). The van der Waals surface area contributed by atoms with Crippen molar-refractivity contribution in [3.05, 3.63) is 29.3 Å². The molecule has 0 atom stereocenters. The molecule has 1 aromatic carbocycles. The van der Waals surface area contributed by atoms with Gasteiger partial charge in [0.2, 0.25) is 0 Å². The third-order valence-electron chi connectivity index (χ3n) is 7.36. The van der Waals surface area contributed by atoms with Crippen molar-refractivity contribution in [1.82, 2.24) is 4.48 Å². The van der Waals surface area contributed by atoms with Crippen molar-refractivity contribution in [2.75, 3.05) is 47.8 Å². The van der Waals surface area contributed by atoms with E-state index in [1.165, 1.54) is 103 Å². The highest BCUT2D eigenvalue weighted by atomic mass is 79.9. The molecule has 0 radical (unpaired) electrons. The molecule has 202 valence electrons. The first-order valence-corrected chi connectivity index (χ1v) is 14.0. The highest BCUT2D eigenvalue weighted by molar-refractivity contribution is 5.56. The Morgan fingerprint density at radius 2 is 1.03 bits per heavy atom. The third-order valence-corrected chi connectivity index (χ3v) is 7.36. The summed E-state index contributed by atoms with van der Waals surface area (Å²) in [5.74, 6) is 0. The molecule has 4 heteroatoms. The van der Waals surface area contributed by atoms with E-state index < -0.39 is 0 Å². The molecule has 0 saturated carbocycles. The maximum Gasteiger partial charge on any atom is 0.139 e. The second-order valence-corrected chi connectivity index (χ2v) is 11.4. The molecule has 0 aliphatic heterocycles. The average Bonchev–Trinajstić information content (AvgIpc) is 2.76. The Labute approximate surface area is 235 Å². The molecule has 1 aromatic rings. The van der Waals surface area contributed by atoms with Crippen LogP contribution in [0.1, 0.15) is 109 Å². The molecule has 0 aliphatic rings. The quantitative estimate of drug-likeness (QED) is 0.167. The van der Waals surface area contributed by atoms with Gasteiger partial charge in [-0.2, -0.15) is 0 Å². The van der Waals surface area contributed by atoms with E-state index in [1.54, 1.807) is 16.8 Å². The SMILES string of the molecule is CCCCCCCC[N+](C)(C)CCc1cccc(CC)c1[N+](C)(C)CCCCCCCC.[Br-].[Br-]. The lowest BCUT2D eigenvalue weighted by Crippen LogP contribution is -3.00. The van der Waals surface area contributed by atoms with Gasteiger partial charge >= 0.3 is 0 Å². The molecule has 0 N–H and O–H groups in total. The summed E-state index contributed by atoms with van der Waals surface area (Å²) in [5, 5.41) is 0. The standard InChI is InChI=1S/C30H58N2.2BrH/c1-8-11-13-15-17-19-25-31(4,5)27-24-29-23-21-22-28(10-3)30(29)32(6,7)26-20-18-16-14-12-9-2;;/h21-23H,8-20,24-27H2,1-7H3;2*1H/q+2;;/p-2. The van der Waals surface area contributed by atoms with Crippen LogP contribution in [0.5, 0.6) is 0 Å². The molecule has 0 bridgehead atoms. The van der Waals surface area contributed by atoms with E-state index in [-0.39, 0.29) is 34.0 Å². The van der Waals surface area contributed by atoms with Gasteiger partial charge in [0.25, 0.3) is 0 Å². The number of hydrogen-bond donors (Lipinski definition) is 0. The van der Waals surface area contributed by atoms with Gasteiger partial charge in [-0.1, -0.05) is 90.3 Å². The molecule has 34 heavy (non-hydrogen) atoms. The Hall–Kier alpha value is 0.1000. The molecule has 0 saturated heterocycles. The molecule has 0 unspecified atom stereocenters. The molecule has 2 nitrogen and oxygen atoms in total. The number of rotatable bonds is 19. The number of unbranched alkanes of at least 4 members (excludes halogenated alkanes) is 10. The highest BCUT2D eigenvalue weighted by Crippen LogP contribution is 2.31. The van der Waals surface area contributed by atoms with Gasteiger partial charge in [0.15, 0.2) is 0 Å². The third kappa shape index (κ3) is 14.6. The van der Waals surface area contributed by atoms with E-state index in [9.17, 15) is 0 Å². The summed E-state index contributed by atoms with van der Waals surface area (Å²) in [5.41, 5.74) is 4.76. The lowest BCUT2D eigenvalue weighted by atomic mass is 9.99. The topological polar surface area (TPSA) is 0 Å². The fraction of sp³-hybridized carbons (Fsp3) is 0.800. The van der Waals surface area contributed by atoms with Crippen LogP contribution in [0.4, 0.5) is 5.69 Å². The smallest absolute Gasteiger partial charge is 0.139 e. The molecule has 0 heterocycles. The van der Waals surface area contributed by atoms with Gasteiger partial charge in [-0.25, -0.2) is 0 Å². The normalized spacial score (nSPS) is 11.7. The number of benzene rings is 1. The van der Waals surface area contributed by atoms with Crippen LogP contribution in [-0.2, 0) is 12.8 Å². The maximum absolute atomic E-state index is 2.44. The van der Waals surface area contributed by atoms with E-state index in [4.69, 9.17) is 0 Å². The van der Waals surface area contributed by atoms with Gasteiger partial charge in [0, 0.05) is 17.5 Å². The molecular weight excluding hydrogens is 548 g/mol. The first-order chi connectivity index (χ1) is 15.3. The highest BCUT2D eigenvalue weighted by Gasteiger charge is 2.27. The van der Waals surface area contributed by atoms with Gasteiger partial charge < -0.3 is 38.4 Å². The van der Waals surface area contributed by atoms with E-state index >= 15 is 0 Å². The minimum Gasteiger partial charge on any atom is -1.00 e. The second-order valence-electron chi connectivity index (χ2n) is 11.4. The summed E-state index contributed by atoms with van der Waals surface area (Å²) < 4.78 is 2.19. The van der Waals surface area contributed by atoms with Crippen molar-refractivity contribution >= 4 is 5.69 Å². The van der Waals surface area contributed by atoms with Crippen molar-refractivity contribution in [3.8, 4) is 0 Å².